The number of ether oxygens (including phenoxy) is 1. The van der Waals surface area contributed by atoms with Gasteiger partial charge in [0.25, 0.3) is 5.56 Å². The molecule has 2 aromatic carbocycles. The van der Waals surface area contributed by atoms with Crippen molar-refractivity contribution in [1.82, 2.24) is 9.97 Å². The minimum Gasteiger partial charge on any atom is -0.462 e. The molecule has 2 aromatic heterocycles. The number of pyridine rings is 1. The van der Waals surface area contributed by atoms with Crippen molar-refractivity contribution in [3.8, 4) is 21.8 Å². The van der Waals surface area contributed by atoms with Crippen LogP contribution < -0.4 is 5.56 Å². The molecule has 0 unspecified atom stereocenters. The topological polar surface area (TPSA) is 72.1 Å². The van der Waals surface area contributed by atoms with Crippen molar-refractivity contribution < 1.29 is 9.53 Å². The van der Waals surface area contributed by atoms with Crippen molar-refractivity contribution >= 4 is 39.1 Å². The highest BCUT2D eigenvalue weighted by Gasteiger charge is 2.23. The highest BCUT2D eigenvalue weighted by atomic mass is 35.5. The quantitative estimate of drug-likeness (QED) is 0.472. The number of benzene rings is 2. The molecule has 0 fully saturated rings. The molecule has 4 rings (SSSR count). The van der Waals surface area contributed by atoms with Gasteiger partial charge in [0.2, 0.25) is 0 Å². The van der Waals surface area contributed by atoms with Gasteiger partial charge < -0.3 is 9.72 Å². The molecule has 0 saturated heterocycles. The predicted molar refractivity (Wildman–Crippen MR) is 112 cm³/mol. The molecule has 0 saturated carbocycles. The van der Waals surface area contributed by atoms with Crippen molar-refractivity contribution in [2.45, 2.75) is 6.92 Å². The summed E-state index contributed by atoms with van der Waals surface area (Å²) in [6.45, 7) is 1.87. The number of nitrogens with one attached hydrogen (secondary N) is 1. The standard InChI is InChI=1S/C21H15ClN2O3S/c1-2-27-21(26)15-17-18(16(23-19(15)25)12-6-4-3-5-7-12)28-20(24-17)13-8-10-14(22)11-9-13/h3-11H,2H2,1H3,(H,23,25). The number of carbonyl (C=O) groups is 1. The average Bonchev–Trinajstić information content (AvgIpc) is 3.13. The lowest BCUT2D eigenvalue weighted by atomic mass is 10.1. The fourth-order valence-corrected chi connectivity index (χ4v) is 4.14. The van der Waals surface area contributed by atoms with E-state index in [9.17, 15) is 9.59 Å². The Labute approximate surface area is 169 Å². The first-order valence-corrected chi connectivity index (χ1v) is 9.83. The van der Waals surface area contributed by atoms with Crippen molar-refractivity contribution in [3.05, 3.63) is 75.5 Å². The molecular formula is C21H15ClN2O3S. The fraction of sp³-hybridized carbons (Fsp3) is 0.0952. The Bertz CT molecular complexity index is 1210. The number of aromatic amines is 1. The van der Waals surface area contributed by atoms with Crippen LogP contribution in [0.1, 0.15) is 17.3 Å². The maximum Gasteiger partial charge on any atom is 0.346 e. The third-order valence-corrected chi connectivity index (χ3v) is 5.56. The molecule has 5 nitrogen and oxygen atoms in total. The molecule has 0 spiro atoms. The van der Waals surface area contributed by atoms with Gasteiger partial charge in [0.15, 0.2) is 5.56 Å². The van der Waals surface area contributed by atoms with Crippen LogP contribution >= 0.6 is 22.9 Å². The lowest BCUT2D eigenvalue weighted by Gasteiger charge is -2.06. The summed E-state index contributed by atoms with van der Waals surface area (Å²) in [5.74, 6) is -0.679. The first-order chi connectivity index (χ1) is 13.6. The van der Waals surface area contributed by atoms with Gasteiger partial charge in [-0.25, -0.2) is 9.78 Å². The van der Waals surface area contributed by atoms with E-state index in [2.05, 4.69) is 9.97 Å². The minimum absolute atomic E-state index is 0.0759. The normalized spacial score (nSPS) is 10.9. The molecule has 1 N–H and O–H groups in total. The number of hydrogen-bond acceptors (Lipinski definition) is 5. The smallest absolute Gasteiger partial charge is 0.346 e. The molecule has 7 heteroatoms. The van der Waals surface area contributed by atoms with E-state index in [1.807, 2.05) is 42.5 Å². The van der Waals surface area contributed by atoms with Crippen LogP contribution in [0.3, 0.4) is 0 Å². The summed E-state index contributed by atoms with van der Waals surface area (Å²) >= 11 is 7.38. The zero-order chi connectivity index (χ0) is 19.7. The molecule has 0 aliphatic rings. The second-order valence-electron chi connectivity index (χ2n) is 5.99. The van der Waals surface area contributed by atoms with Crippen LogP contribution in [0, 0.1) is 0 Å². The van der Waals surface area contributed by atoms with Crippen molar-refractivity contribution in [2.75, 3.05) is 6.61 Å². The third-order valence-electron chi connectivity index (χ3n) is 4.19. The molecular weight excluding hydrogens is 396 g/mol. The maximum atomic E-state index is 12.7. The monoisotopic (exact) mass is 410 g/mol. The summed E-state index contributed by atoms with van der Waals surface area (Å²) in [5, 5.41) is 1.31. The van der Waals surface area contributed by atoms with Crippen molar-refractivity contribution in [3.63, 3.8) is 0 Å². The number of thiazole rings is 1. The van der Waals surface area contributed by atoms with Crippen LogP contribution in [0.5, 0.6) is 0 Å². The van der Waals surface area contributed by atoms with Gasteiger partial charge in [-0.05, 0) is 24.6 Å². The summed E-state index contributed by atoms with van der Waals surface area (Å²) in [4.78, 5) is 32.6. The van der Waals surface area contributed by atoms with Crippen molar-refractivity contribution in [1.29, 1.82) is 0 Å². The van der Waals surface area contributed by atoms with E-state index in [0.29, 0.717) is 21.2 Å². The molecule has 4 aromatic rings. The number of aromatic nitrogens is 2. The van der Waals surface area contributed by atoms with Gasteiger partial charge in [0.05, 0.1) is 17.0 Å². The summed E-state index contributed by atoms with van der Waals surface area (Å²) in [6.07, 6.45) is 0. The van der Waals surface area contributed by atoms with E-state index in [1.165, 1.54) is 11.3 Å². The number of H-pyrrole nitrogens is 1. The third kappa shape index (κ3) is 3.32. The van der Waals surface area contributed by atoms with Gasteiger partial charge in [0, 0.05) is 10.6 Å². The number of carbonyl (C=O) groups excluding carboxylic acids is 1. The number of fused-ring (bicyclic) bond motifs is 1. The lowest BCUT2D eigenvalue weighted by molar-refractivity contribution is 0.0526. The van der Waals surface area contributed by atoms with Crippen molar-refractivity contribution in [2.24, 2.45) is 0 Å². The largest absolute Gasteiger partial charge is 0.462 e. The molecule has 0 aliphatic heterocycles. The van der Waals surface area contributed by atoms with Gasteiger partial charge in [-0.15, -0.1) is 11.3 Å². The zero-order valence-corrected chi connectivity index (χ0v) is 16.4. The maximum absolute atomic E-state index is 12.7. The van der Waals surface area contributed by atoms with Crippen LogP contribution in [0.15, 0.2) is 59.4 Å². The summed E-state index contributed by atoms with van der Waals surface area (Å²) in [6, 6.07) is 16.7. The molecule has 2 heterocycles. The van der Waals surface area contributed by atoms with Crippen LogP contribution in [0.25, 0.3) is 32.0 Å². The van der Waals surface area contributed by atoms with E-state index in [1.54, 1.807) is 19.1 Å². The second kappa shape index (κ2) is 7.58. The van der Waals surface area contributed by atoms with E-state index in [-0.39, 0.29) is 12.2 Å². The Kier molecular flexibility index (Phi) is 4.98. The lowest BCUT2D eigenvalue weighted by Crippen LogP contribution is -2.21. The Morgan fingerprint density at radius 2 is 1.82 bits per heavy atom. The molecule has 140 valence electrons. The molecule has 0 bridgehead atoms. The number of rotatable bonds is 4. The highest BCUT2D eigenvalue weighted by Crippen LogP contribution is 2.36. The number of esters is 1. The first kappa shape index (κ1) is 18.4. The summed E-state index contributed by atoms with van der Waals surface area (Å²) < 4.78 is 5.80. The first-order valence-electron chi connectivity index (χ1n) is 8.63. The molecule has 0 radical (unpaired) electrons. The molecule has 0 aliphatic carbocycles. The van der Waals surface area contributed by atoms with Gasteiger partial charge >= 0.3 is 5.97 Å². The number of nitrogens with zero attached hydrogens (tertiary/aromatic N) is 1. The Morgan fingerprint density at radius 1 is 1.11 bits per heavy atom. The SMILES string of the molecule is CCOC(=O)c1c(=O)[nH]c(-c2ccccc2)c2sc(-c3ccc(Cl)cc3)nc12. The summed E-state index contributed by atoms with van der Waals surface area (Å²) in [7, 11) is 0. The fourth-order valence-electron chi connectivity index (χ4n) is 2.92. The van der Waals surface area contributed by atoms with Gasteiger partial charge in [-0.2, -0.15) is 0 Å². The molecule has 0 amide bonds. The molecule has 0 atom stereocenters. The van der Waals surface area contributed by atoms with E-state index in [4.69, 9.17) is 16.3 Å². The predicted octanol–water partition coefficient (Wildman–Crippen LogP) is 5.15. The number of hydrogen-bond donors (Lipinski definition) is 1. The van der Waals surface area contributed by atoms with E-state index >= 15 is 0 Å². The van der Waals surface area contributed by atoms with Crippen LogP contribution in [-0.4, -0.2) is 22.5 Å². The average molecular weight is 411 g/mol. The van der Waals surface area contributed by atoms with Crippen LogP contribution in [0.2, 0.25) is 5.02 Å². The minimum atomic E-state index is -0.679. The van der Waals surface area contributed by atoms with Gasteiger partial charge in [-0.1, -0.05) is 54.1 Å². The Balaban J connectivity index is 2.01. The Morgan fingerprint density at radius 3 is 2.50 bits per heavy atom. The van der Waals surface area contributed by atoms with E-state index in [0.717, 1.165) is 15.8 Å². The van der Waals surface area contributed by atoms with Crippen LogP contribution in [-0.2, 0) is 4.74 Å². The summed E-state index contributed by atoms with van der Waals surface area (Å²) in [5.41, 5.74) is 2.08. The second-order valence-corrected chi connectivity index (χ2v) is 7.43. The zero-order valence-electron chi connectivity index (χ0n) is 14.9. The highest BCUT2D eigenvalue weighted by molar-refractivity contribution is 7.22. The number of halogens is 1. The van der Waals surface area contributed by atoms with Crippen LogP contribution in [0.4, 0.5) is 0 Å². The van der Waals surface area contributed by atoms with Gasteiger partial charge in [-0.3, -0.25) is 4.79 Å². The Hall–Kier alpha value is -2.96. The van der Waals surface area contributed by atoms with E-state index < -0.39 is 11.5 Å². The van der Waals surface area contributed by atoms with Gasteiger partial charge in [0.1, 0.15) is 10.5 Å². The molecule has 28 heavy (non-hydrogen) atoms.